The number of hydrogen-bond acceptors (Lipinski definition) is 5. The van der Waals surface area contributed by atoms with Gasteiger partial charge < -0.3 is 19.9 Å². The molecule has 2 aromatic rings. The first-order valence-corrected chi connectivity index (χ1v) is 8.88. The Morgan fingerprint density at radius 3 is 2.85 bits per heavy atom. The number of urea groups is 1. The van der Waals surface area contributed by atoms with E-state index in [4.69, 9.17) is 16.3 Å². The Balaban J connectivity index is 1.64. The van der Waals surface area contributed by atoms with Gasteiger partial charge in [0.15, 0.2) is 5.82 Å². The summed E-state index contributed by atoms with van der Waals surface area (Å²) in [5.41, 5.74) is 0.603. The number of halogens is 1. The SMILES string of the molecule is CN(C)c1nccnc1OC1CCCN(C(=O)Nc2ccccc2Cl)C1. The molecule has 2 amide bonds. The molecule has 2 heterocycles. The number of benzene rings is 1. The highest BCUT2D eigenvalue weighted by molar-refractivity contribution is 6.33. The van der Waals surface area contributed by atoms with Crippen LogP contribution < -0.4 is 15.0 Å². The molecule has 1 unspecified atom stereocenters. The van der Waals surface area contributed by atoms with Crippen molar-refractivity contribution in [3.05, 3.63) is 41.7 Å². The minimum absolute atomic E-state index is 0.129. The first kappa shape index (κ1) is 18.3. The van der Waals surface area contributed by atoms with E-state index in [0.717, 1.165) is 12.8 Å². The number of anilines is 2. The predicted octanol–water partition coefficient (Wildman–Crippen LogP) is 3.27. The van der Waals surface area contributed by atoms with Gasteiger partial charge in [0.1, 0.15) is 6.10 Å². The van der Waals surface area contributed by atoms with Crippen molar-refractivity contribution in [3.8, 4) is 5.88 Å². The molecule has 1 aliphatic rings. The smallest absolute Gasteiger partial charge is 0.322 e. The molecular weight excluding hydrogens is 354 g/mol. The summed E-state index contributed by atoms with van der Waals surface area (Å²) in [7, 11) is 3.78. The van der Waals surface area contributed by atoms with Crippen LogP contribution in [0.15, 0.2) is 36.7 Å². The second kappa shape index (κ2) is 8.23. The summed E-state index contributed by atoms with van der Waals surface area (Å²) in [4.78, 5) is 24.7. The van der Waals surface area contributed by atoms with Gasteiger partial charge in [-0.15, -0.1) is 0 Å². The van der Waals surface area contributed by atoms with Gasteiger partial charge >= 0.3 is 6.03 Å². The minimum atomic E-state index is -0.182. The van der Waals surface area contributed by atoms with Crippen molar-refractivity contribution in [3.63, 3.8) is 0 Å². The number of ether oxygens (including phenoxy) is 1. The number of carbonyl (C=O) groups excluding carboxylic acids is 1. The fourth-order valence-electron chi connectivity index (χ4n) is 2.84. The minimum Gasteiger partial charge on any atom is -0.470 e. The lowest BCUT2D eigenvalue weighted by Crippen LogP contribution is -2.46. The zero-order chi connectivity index (χ0) is 18.5. The second-order valence-electron chi connectivity index (χ2n) is 6.32. The number of nitrogens with zero attached hydrogens (tertiary/aromatic N) is 4. The van der Waals surface area contributed by atoms with Crippen molar-refractivity contribution in [1.29, 1.82) is 0 Å². The Labute approximate surface area is 157 Å². The maximum Gasteiger partial charge on any atom is 0.322 e. The quantitative estimate of drug-likeness (QED) is 0.888. The van der Waals surface area contributed by atoms with Gasteiger partial charge in [-0.1, -0.05) is 23.7 Å². The first-order valence-electron chi connectivity index (χ1n) is 8.50. The number of nitrogens with one attached hydrogen (secondary N) is 1. The van der Waals surface area contributed by atoms with Gasteiger partial charge in [-0.25, -0.2) is 14.8 Å². The molecule has 3 rings (SSSR count). The van der Waals surface area contributed by atoms with Crippen LogP contribution >= 0.6 is 11.6 Å². The van der Waals surface area contributed by atoms with E-state index in [2.05, 4.69) is 15.3 Å². The van der Waals surface area contributed by atoms with Crippen molar-refractivity contribution in [2.75, 3.05) is 37.4 Å². The number of rotatable bonds is 4. The van der Waals surface area contributed by atoms with Crippen LogP contribution in [0.2, 0.25) is 5.02 Å². The summed E-state index contributed by atoms with van der Waals surface area (Å²) < 4.78 is 6.04. The molecule has 1 aromatic heterocycles. The van der Waals surface area contributed by atoms with Gasteiger partial charge in [-0.05, 0) is 25.0 Å². The molecule has 1 N–H and O–H groups in total. The van der Waals surface area contributed by atoms with Crippen LogP contribution in [0.5, 0.6) is 5.88 Å². The first-order chi connectivity index (χ1) is 12.5. The second-order valence-corrected chi connectivity index (χ2v) is 6.72. The standard InChI is InChI=1S/C18H22ClN5O2/c1-23(2)16-17(21-10-9-20-16)26-13-6-5-11-24(12-13)18(25)22-15-8-4-3-7-14(15)19/h3-4,7-10,13H,5-6,11-12H2,1-2H3,(H,22,25). The highest BCUT2D eigenvalue weighted by Gasteiger charge is 2.26. The van der Waals surface area contributed by atoms with Crippen molar-refractivity contribution in [2.24, 2.45) is 0 Å². The van der Waals surface area contributed by atoms with Crippen LogP contribution in [-0.2, 0) is 0 Å². The van der Waals surface area contributed by atoms with Crippen LogP contribution in [0.4, 0.5) is 16.3 Å². The largest absolute Gasteiger partial charge is 0.470 e. The van der Waals surface area contributed by atoms with Gasteiger partial charge in [0.2, 0.25) is 0 Å². The van der Waals surface area contributed by atoms with Gasteiger partial charge in [0.25, 0.3) is 5.88 Å². The van der Waals surface area contributed by atoms with E-state index in [-0.39, 0.29) is 12.1 Å². The molecule has 138 valence electrons. The molecule has 1 aliphatic heterocycles. The highest BCUT2D eigenvalue weighted by atomic mass is 35.5. The van der Waals surface area contributed by atoms with E-state index in [9.17, 15) is 4.79 Å². The molecule has 0 spiro atoms. The van der Waals surface area contributed by atoms with Crippen LogP contribution in [-0.4, -0.2) is 54.2 Å². The van der Waals surface area contributed by atoms with Gasteiger partial charge in [0, 0.05) is 33.0 Å². The molecule has 0 radical (unpaired) electrons. The van der Waals surface area contributed by atoms with Crippen LogP contribution in [0.3, 0.4) is 0 Å². The van der Waals surface area contributed by atoms with Crippen molar-refractivity contribution >= 4 is 29.1 Å². The zero-order valence-electron chi connectivity index (χ0n) is 14.9. The number of carbonyl (C=O) groups is 1. The van der Waals surface area contributed by atoms with Crippen molar-refractivity contribution < 1.29 is 9.53 Å². The summed E-state index contributed by atoms with van der Waals surface area (Å²) in [5.74, 6) is 1.15. The maximum atomic E-state index is 12.6. The molecule has 1 aromatic carbocycles. The topological polar surface area (TPSA) is 70.6 Å². The van der Waals surface area contributed by atoms with Gasteiger partial charge in [-0.2, -0.15) is 0 Å². The fourth-order valence-corrected chi connectivity index (χ4v) is 3.02. The summed E-state index contributed by atoms with van der Waals surface area (Å²) in [6.45, 7) is 1.16. The average Bonchev–Trinajstić information content (AvgIpc) is 2.64. The van der Waals surface area contributed by atoms with E-state index in [1.54, 1.807) is 29.4 Å². The molecule has 1 saturated heterocycles. The van der Waals surface area contributed by atoms with Gasteiger partial charge in [0.05, 0.1) is 17.3 Å². The molecule has 7 nitrogen and oxygen atoms in total. The molecule has 1 fully saturated rings. The Kier molecular flexibility index (Phi) is 5.78. The van der Waals surface area contributed by atoms with Gasteiger partial charge in [-0.3, -0.25) is 0 Å². The van der Waals surface area contributed by atoms with Crippen molar-refractivity contribution in [1.82, 2.24) is 14.9 Å². The summed E-state index contributed by atoms with van der Waals surface area (Å²) in [6.07, 6.45) is 4.83. The maximum absolute atomic E-state index is 12.6. The van der Waals surface area contributed by atoms with E-state index in [0.29, 0.717) is 35.5 Å². The number of aromatic nitrogens is 2. The van der Waals surface area contributed by atoms with Crippen LogP contribution in [0.25, 0.3) is 0 Å². The number of hydrogen-bond donors (Lipinski definition) is 1. The number of likely N-dealkylation sites (tertiary alicyclic amines) is 1. The molecule has 1 atom stereocenters. The summed E-state index contributed by atoms with van der Waals surface area (Å²) in [5, 5.41) is 3.37. The molecule has 8 heteroatoms. The van der Waals surface area contributed by atoms with Crippen LogP contribution in [0.1, 0.15) is 12.8 Å². The Bertz CT molecular complexity index is 771. The monoisotopic (exact) mass is 375 g/mol. The highest BCUT2D eigenvalue weighted by Crippen LogP contribution is 2.25. The summed E-state index contributed by atoms with van der Waals surface area (Å²) >= 11 is 6.11. The molecular formula is C18H22ClN5O2. The third-order valence-corrected chi connectivity index (χ3v) is 4.46. The van der Waals surface area contributed by atoms with E-state index in [1.165, 1.54) is 0 Å². The van der Waals surface area contributed by atoms with Crippen molar-refractivity contribution in [2.45, 2.75) is 18.9 Å². The lowest BCUT2D eigenvalue weighted by Gasteiger charge is -2.33. The molecule has 0 aliphatic carbocycles. The van der Waals surface area contributed by atoms with Crippen LogP contribution in [0, 0.1) is 0 Å². The third-order valence-electron chi connectivity index (χ3n) is 4.13. The number of amides is 2. The molecule has 0 bridgehead atoms. The number of para-hydroxylation sites is 1. The van der Waals surface area contributed by atoms with E-state index < -0.39 is 0 Å². The number of piperidine rings is 1. The Morgan fingerprint density at radius 2 is 2.08 bits per heavy atom. The average molecular weight is 376 g/mol. The normalized spacial score (nSPS) is 16.9. The Hall–Kier alpha value is -2.54. The lowest BCUT2D eigenvalue weighted by atomic mass is 10.1. The van der Waals surface area contributed by atoms with E-state index in [1.807, 2.05) is 31.1 Å². The predicted molar refractivity (Wildman–Crippen MR) is 102 cm³/mol. The molecule has 0 saturated carbocycles. The Morgan fingerprint density at radius 1 is 1.31 bits per heavy atom. The lowest BCUT2D eigenvalue weighted by molar-refractivity contribution is 0.103. The zero-order valence-corrected chi connectivity index (χ0v) is 15.6. The third kappa shape index (κ3) is 4.35. The fraction of sp³-hybridized carbons (Fsp3) is 0.389. The van der Waals surface area contributed by atoms with E-state index >= 15 is 0 Å². The molecule has 26 heavy (non-hydrogen) atoms. The summed E-state index contributed by atoms with van der Waals surface area (Å²) in [6, 6.07) is 7.00.